The van der Waals surface area contributed by atoms with Gasteiger partial charge >= 0.3 is 0 Å². The molecule has 14 heavy (non-hydrogen) atoms. The molecular formula is C13H19Br. The molecule has 0 heterocycles. The number of rotatable bonds is 5. The first-order valence-corrected chi connectivity index (χ1v) is 6.44. The standard InChI is InChI=1S/C13H19Br/c1-11(2)8-13(10-14)9-12-6-4-3-5-7-12/h3-7,11,13H,8-10H2,1-2H3. The molecule has 1 aromatic rings. The third kappa shape index (κ3) is 4.28. The Bertz CT molecular complexity index is 241. The second-order valence-corrected chi connectivity index (χ2v) is 4.99. The van der Waals surface area contributed by atoms with Crippen LogP contribution in [0.2, 0.25) is 0 Å². The number of halogens is 1. The number of alkyl halides is 1. The first kappa shape index (κ1) is 11.8. The molecule has 78 valence electrons. The van der Waals surface area contributed by atoms with E-state index in [2.05, 4.69) is 60.1 Å². The Morgan fingerprint density at radius 2 is 1.79 bits per heavy atom. The van der Waals surface area contributed by atoms with Crippen LogP contribution in [0.25, 0.3) is 0 Å². The van der Waals surface area contributed by atoms with Crippen molar-refractivity contribution in [2.45, 2.75) is 26.7 Å². The van der Waals surface area contributed by atoms with Gasteiger partial charge in [0.15, 0.2) is 0 Å². The Kier molecular flexibility index (Phi) is 5.24. The van der Waals surface area contributed by atoms with Crippen LogP contribution in [0.3, 0.4) is 0 Å². The fraction of sp³-hybridized carbons (Fsp3) is 0.538. The molecule has 0 nitrogen and oxygen atoms in total. The van der Waals surface area contributed by atoms with Crippen molar-refractivity contribution in [1.29, 1.82) is 0 Å². The van der Waals surface area contributed by atoms with Gasteiger partial charge in [-0.25, -0.2) is 0 Å². The van der Waals surface area contributed by atoms with Crippen molar-refractivity contribution < 1.29 is 0 Å². The number of benzene rings is 1. The summed E-state index contributed by atoms with van der Waals surface area (Å²) in [6.07, 6.45) is 2.50. The van der Waals surface area contributed by atoms with Gasteiger partial charge < -0.3 is 0 Å². The van der Waals surface area contributed by atoms with Crippen molar-refractivity contribution in [3.63, 3.8) is 0 Å². The maximum atomic E-state index is 3.60. The molecule has 1 rings (SSSR count). The predicted molar refractivity (Wildman–Crippen MR) is 66.9 cm³/mol. The van der Waals surface area contributed by atoms with E-state index in [1.807, 2.05) is 0 Å². The second kappa shape index (κ2) is 6.23. The largest absolute Gasteiger partial charge is 0.0925 e. The maximum absolute atomic E-state index is 3.60. The van der Waals surface area contributed by atoms with Gasteiger partial charge in [-0.15, -0.1) is 0 Å². The van der Waals surface area contributed by atoms with E-state index in [9.17, 15) is 0 Å². The smallest absolute Gasteiger partial charge is 0.00629 e. The van der Waals surface area contributed by atoms with Crippen molar-refractivity contribution >= 4 is 15.9 Å². The predicted octanol–water partition coefficient (Wildman–Crippen LogP) is 4.29. The minimum atomic E-state index is 0.775. The Hall–Kier alpha value is -0.300. The maximum Gasteiger partial charge on any atom is 0.00629 e. The van der Waals surface area contributed by atoms with Crippen molar-refractivity contribution in [2.75, 3.05) is 5.33 Å². The second-order valence-electron chi connectivity index (χ2n) is 4.34. The van der Waals surface area contributed by atoms with Crippen molar-refractivity contribution in [3.05, 3.63) is 35.9 Å². The molecule has 0 bridgehead atoms. The Morgan fingerprint density at radius 1 is 1.14 bits per heavy atom. The van der Waals surface area contributed by atoms with E-state index in [4.69, 9.17) is 0 Å². The summed E-state index contributed by atoms with van der Waals surface area (Å²) in [4.78, 5) is 0. The van der Waals surface area contributed by atoms with E-state index in [1.54, 1.807) is 0 Å². The molecule has 0 N–H and O–H groups in total. The molecule has 0 aliphatic rings. The van der Waals surface area contributed by atoms with E-state index in [-0.39, 0.29) is 0 Å². The average molecular weight is 255 g/mol. The molecule has 0 amide bonds. The zero-order valence-electron chi connectivity index (χ0n) is 9.04. The molecule has 0 aliphatic heterocycles. The van der Waals surface area contributed by atoms with Gasteiger partial charge in [0.1, 0.15) is 0 Å². The molecule has 1 atom stereocenters. The molecule has 1 heteroatoms. The Morgan fingerprint density at radius 3 is 2.29 bits per heavy atom. The first-order valence-electron chi connectivity index (χ1n) is 5.32. The van der Waals surface area contributed by atoms with Crippen LogP contribution in [0.15, 0.2) is 30.3 Å². The lowest BCUT2D eigenvalue weighted by molar-refractivity contribution is 0.445. The lowest BCUT2D eigenvalue weighted by atomic mass is 9.93. The van der Waals surface area contributed by atoms with Crippen LogP contribution in [0.5, 0.6) is 0 Å². The highest BCUT2D eigenvalue weighted by Gasteiger charge is 2.09. The zero-order valence-corrected chi connectivity index (χ0v) is 10.6. The van der Waals surface area contributed by atoms with Gasteiger partial charge in [-0.2, -0.15) is 0 Å². The molecule has 1 aromatic carbocycles. The summed E-state index contributed by atoms with van der Waals surface area (Å²) in [5, 5.41) is 1.11. The van der Waals surface area contributed by atoms with Crippen LogP contribution >= 0.6 is 15.9 Å². The molecule has 0 fully saturated rings. The summed E-state index contributed by atoms with van der Waals surface area (Å²) in [7, 11) is 0. The molecule has 0 spiro atoms. The van der Waals surface area contributed by atoms with Gasteiger partial charge in [0.25, 0.3) is 0 Å². The van der Waals surface area contributed by atoms with E-state index < -0.39 is 0 Å². The van der Waals surface area contributed by atoms with E-state index in [0.29, 0.717) is 0 Å². The summed E-state index contributed by atoms with van der Waals surface area (Å²) in [5.41, 5.74) is 1.46. The molecule has 0 radical (unpaired) electrons. The van der Waals surface area contributed by atoms with Gasteiger partial charge in [0.2, 0.25) is 0 Å². The molecular weight excluding hydrogens is 236 g/mol. The Balaban J connectivity index is 2.48. The van der Waals surface area contributed by atoms with Crippen LogP contribution in [-0.2, 0) is 6.42 Å². The first-order chi connectivity index (χ1) is 6.72. The van der Waals surface area contributed by atoms with Crippen LogP contribution in [0.4, 0.5) is 0 Å². The molecule has 0 aromatic heterocycles. The highest BCUT2D eigenvalue weighted by Crippen LogP contribution is 2.19. The fourth-order valence-electron chi connectivity index (χ4n) is 1.81. The van der Waals surface area contributed by atoms with Crippen molar-refractivity contribution in [1.82, 2.24) is 0 Å². The monoisotopic (exact) mass is 254 g/mol. The Labute approximate surface area is 95.9 Å². The van der Waals surface area contributed by atoms with Crippen LogP contribution < -0.4 is 0 Å². The number of hydrogen-bond acceptors (Lipinski definition) is 0. The molecule has 0 aliphatic carbocycles. The molecule has 0 saturated carbocycles. The SMILES string of the molecule is CC(C)CC(CBr)Cc1ccccc1. The fourth-order valence-corrected chi connectivity index (χ4v) is 2.31. The van der Waals surface area contributed by atoms with Gasteiger partial charge in [0, 0.05) is 5.33 Å². The summed E-state index contributed by atoms with van der Waals surface area (Å²) in [6.45, 7) is 4.58. The third-order valence-electron chi connectivity index (χ3n) is 2.39. The van der Waals surface area contributed by atoms with Crippen molar-refractivity contribution in [2.24, 2.45) is 11.8 Å². The quantitative estimate of drug-likeness (QED) is 0.688. The minimum absolute atomic E-state index is 0.775. The van der Waals surface area contributed by atoms with Crippen LogP contribution in [0, 0.1) is 11.8 Å². The van der Waals surface area contributed by atoms with Crippen molar-refractivity contribution in [3.8, 4) is 0 Å². The number of hydrogen-bond donors (Lipinski definition) is 0. The minimum Gasteiger partial charge on any atom is -0.0925 e. The summed E-state index contributed by atoms with van der Waals surface area (Å²) >= 11 is 3.60. The summed E-state index contributed by atoms with van der Waals surface area (Å²) < 4.78 is 0. The van der Waals surface area contributed by atoms with Gasteiger partial charge in [-0.1, -0.05) is 60.1 Å². The lowest BCUT2D eigenvalue weighted by Crippen LogP contribution is -2.09. The summed E-state index contributed by atoms with van der Waals surface area (Å²) in [6, 6.07) is 10.8. The highest BCUT2D eigenvalue weighted by atomic mass is 79.9. The zero-order chi connectivity index (χ0) is 10.4. The molecule has 0 saturated heterocycles. The third-order valence-corrected chi connectivity index (χ3v) is 3.31. The van der Waals surface area contributed by atoms with E-state index >= 15 is 0 Å². The van der Waals surface area contributed by atoms with Crippen LogP contribution in [-0.4, -0.2) is 5.33 Å². The normalized spacial score (nSPS) is 13.1. The van der Waals surface area contributed by atoms with Gasteiger partial charge in [-0.3, -0.25) is 0 Å². The molecule has 1 unspecified atom stereocenters. The average Bonchev–Trinajstić information content (AvgIpc) is 2.17. The topological polar surface area (TPSA) is 0 Å². The lowest BCUT2D eigenvalue weighted by Gasteiger charge is -2.16. The van der Waals surface area contributed by atoms with Gasteiger partial charge in [-0.05, 0) is 30.2 Å². The summed E-state index contributed by atoms with van der Waals surface area (Å²) in [5.74, 6) is 1.57. The van der Waals surface area contributed by atoms with Crippen LogP contribution in [0.1, 0.15) is 25.8 Å². The van der Waals surface area contributed by atoms with Gasteiger partial charge in [0.05, 0.1) is 0 Å². The van der Waals surface area contributed by atoms with E-state index in [1.165, 1.54) is 18.4 Å². The van der Waals surface area contributed by atoms with E-state index in [0.717, 1.165) is 17.2 Å². The highest BCUT2D eigenvalue weighted by molar-refractivity contribution is 9.09.